The van der Waals surface area contributed by atoms with Crippen LogP contribution in [0.1, 0.15) is 42.0 Å². The molecule has 1 nitrogen and oxygen atoms in total. The second-order valence-corrected chi connectivity index (χ2v) is 5.69. The molecule has 0 aliphatic carbocycles. The van der Waals surface area contributed by atoms with Crippen LogP contribution in [0.5, 0.6) is 0 Å². The average Bonchev–Trinajstić information content (AvgIpc) is 2.46. The first kappa shape index (κ1) is 16.6. The van der Waals surface area contributed by atoms with Crippen molar-refractivity contribution in [2.75, 3.05) is 0 Å². The molecule has 2 N–H and O–H groups in total. The Balaban J connectivity index is 2.59. The Hall–Kier alpha value is -1.81. The van der Waals surface area contributed by atoms with Gasteiger partial charge in [0, 0.05) is 12.0 Å². The summed E-state index contributed by atoms with van der Waals surface area (Å²) in [6.45, 7) is 3.61. The Kier molecular flexibility index (Phi) is 4.91. The highest BCUT2D eigenvalue weighted by Gasteiger charge is 2.35. The number of alkyl halides is 3. The molecule has 2 unspecified atom stereocenters. The molecule has 4 heteroatoms. The molecule has 2 aromatic carbocycles. The minimum absolute atomic E-state index is 0.190. The van der Waals surface area contributed by atoms with E-state index in [1.807, 2.05) is 37.3 Å². The van der Waals surface area contributed by atoms with E-state index in [0.29, 0.717) is 17.5 Å². The fraction of sp³-hybridized carbons (Fsp3) is 0.333. The molecule has 0 bridgehead atoms. The summed E-state index contributed by atoms with van der Waals surface area (Å²) in [5, 5.41) is 0. The lowest BCUT2D eigenvalue weighted by Gasteiger charge is -2.23. The van der Waals surface area contributed by atoms with Crippen LogP contribution >= 0.6 is 0 Å². The van der Waals surface area contributed by atoms with Crippen LogP contribution < -0.4 is 5.73 Å². The molecule has 0 amide bonds. The molecule has 0 spiro atoms. The first-order valence-corrected chi connectivity index (χ1v) is 7.30. The van der Waals surface area contributed by atoms with Gasteiger partial charge in [-0.25, -0.2) is 0 Å². The van der Waals surface area contributed by atoms with Crippen LogP contribution in [0.3, 0.4) is 0 Å². The molecule has 118 valence electrons. The lowest BCUT2D eigenvalue weighted by Crippen LogP contribution is -2.21. The van der Waals surface area contributed by atoms with Crippen molar-refractivity contribution in [1.82, 2.24) is 0 Å². The number of nitrogens with two attached hydrogens (primary N) is 1. The van der Waals surface area contributed by atoms with Crippen LogP contribution in [0.15, 0.2) is 48.5 Å². The summed E-state index contributed by atoms with van der Waals surface area (Å²) < 4.78 is 40.2. The molecule has 0 heterocycles. The molecule has 0 aliphatic heterocycles. The van der Waals surface area contributed by atoms with E-state index in [1.165, 1.54) is 6.07 Å². The Morgan fingerprint density at radius 2 is 1.59 bits per heavy atom. The minimum atomic E-state index is -4.37. The van der Waals surface area contributed by atoms with Crippen LogP contribution in [0.25, 0.3) is 0 Å². The predicted octanol–water partition coefficient (Wildman–Crippen LogP) is 4.75. The highest BCUT2D eigenvalue weighted by molar-refractivity contribution is 5.44. The van der Waals surface area contributed by atoms with E-state index in [9.17, 15) is 13.2 Å². The zero-order chi connectivity index (χ0) is 16.3. The zero-order valence-electron chi connectivity index (χ0n) is 12.7. The summed E-state index contributed by atoms with van der Waals surface area (Å²) in [6.07, 6.45) is -3.94. The van der Waals surface area contributed by atoms with Crippen molar-refractivity contribution in [1.29, 1.82) is 0 Å². The molecular formula is C18H20F3N. The lowest BCUT2D eigenvalue weighted by atomic mass is 9.84. The van der Waals surface area contributed by atoms with Gasteiger partial charge in [0.2, 0.25) is 0 Å². The second kappa shape index (κ2) is 6.53. The van der Waals surface area contributed by atoms with Crippen LogP contribution in [-0.4, -0.2) is 6.04 Å². The second-order valence-electron chi connectivity index (χ2n) is 5.69. The monoisotopic (exact) mass is 307 g/mol. The quantitative estimate of drug-likeness (QED) is 0.867. The van der Waals surface area contributed by atoms with Gasteiger partial charge in [-0.05, 0) is 36.1 Å². The summed E-state index contributed by atoms with van der Waals surface area (Å²) in [6, 6.07) is 13.4. The van der Waals surface area contributed by atoms with Gasteiger partial charge in [-0.15, -0.1) is 0 Å². The predicted molar refractivity (Wildman–Crippen MR) is 82.8 cm³/mol. The molecule has 0 radical (unpaired) electrons. The van der Waals surface area contributed by atoms with Crippen molar-refractivity contribution in [3.8, 4) is 0 Å². The maximum atomic E-state index is 13.4. The van der Waals surface area contributed by atoms with Crippen molar-refractivity contribution in [2.24, 2.45) is 5.73 Å². The molecule has 0 fully saturated rings. The van der Waals surface area contributed by atoms with Crippen molar-refractivity contribution in [3.05, 3.63) is 70.8 Å². The highest BCUT2D eigenvalue weighted by atomic mass is 19.4. The lowest BCUT2D eigenvalue weighted by molar-refractivity contribution is -0.138. The van der Waals surface area contributed by atoms with Gasteiger partial charge in [0.25, 0.3) is 0 Å². The smallest absolute Gasteiger partial charge is 0.328 e. The zero-order valence-corrected chi connectivity index (χ0v) is 12.7. The Bertz CT molecular complexity index is 618. The van der Waals surface area contributed by atoms with Crippen molar-refractivity contribution < 1.29 is 13.2 Å². The van der Waals surface area contributed by atoms with Crippen molar-refractivity contribution in [3.63, 3.8) is 0 Å². The van der Waals surface area contributed by atoms with Crippen LogP contribution in [0, 0.1) is 0 Å². The van der Waals surface area contributed by atoms with Gasteiger partial charge in [0.05, 0.1) is 5.56 Å². The standard InChI is InChI=1S/C18H20F3N/c1-12(22)11-15-9-6-10-16(18(19,20)21)17(15)13(2)14-7-4-3-5-8-14/h3-10,12-13H,11,22H2,1-2H3. The number of hydrogen-bond donors (Lipinski definition) is 1. The third kappa shape index (κ3) is 3.69. The van der Waals surface area contributed by atoms with Crippen molar-refractivity contribution >= 4 is 0 Å². The van der Waals surface area contributed by atoms with E-state index in [2.05, 4.69) is 0 Å². The normalized spacial score (nSPS) is 14.6. The molecule has 0 saturated heterocycles. The van der Waals surface area contributed by atoms with Gasteiger partial charge < -0.3 is 5.73 Å². The van der Waals surface area contributed by atoms with Gasteiger partial charge >= 0.3 is 6.18 Å². The number of rotatable bonds is 4. The Morgan fingerprint density at radius 1 is 0.955 bits per heavy atom. The number of hydrogen-bond acceptors (Lipinski definition) is 1. The van der Waals surface area contributed by atoms with Crippen LogP contribution in [-0.2, 0) is 12.6 Å². The highest BCUT2D eigenvalue weighted by Crippen LogP contribution is 2.39. The largest absolute Gasteiger partial charge is 0.416 e. The summed E-state index contributed by atoms with van der Waals surface area (Å²) in [4.78, 5) is 0. The summed E-state index contributed by atoms with van der Waals surface area (Å²) in [5.41, 5.74) is 7.11. The third-order valence-corrected chi connectivity index (χ3v) is 3.78. The minimum Gasteiger partial charge on any atom is -0.328 e. The van der Waals surface area contributed by atoms with E-state index < -0.39 is 11.7 Å². The third-order valence-electron chi connectivity index (χ3n) is 3.78. The molecule has 22 heavy (non-hydrogen) atoms. The number of halogens is 3. The molecule has 2 rings (SSSR count). The van der Waals surface area contributed by atoms with Gasteiger partial charge in [0.1, 0.15) is 0 Å². The SMILES string of the molecule is CC(N)Cc1cccc(C(F)(F)F)c1C(C)c1ccccc1. The molecule has 0 aromatic heterocycles. The molecule has 2 aromatic rings. The van der Waals surface area contributed by atoms with E-state index in [4.69, 9.17) is 5.73 Å². The van der Waals surface area contributed by atoms with Crippen LogP contribution in [0.2, 0.25) is 0 Å². The first-order chi connectivity index (χ1) is 10.3. The Labute approximate surface area is 129 Å². The van der Waals surface area contributed by atoms with Crippen molar-refractivity contribution in [2.45, 2.75) is 38.4 Å². The molecule has 2 atom stereocenters. The summed E-state index contributed by atoms with van der Waals surface area (Å²) >= 11 is 0. The first-order valence-electron chi connectivity index (χ1n) is 7.30. The van der Waals surface area contributed by atoms with E-state index in [1.54, 1.807) is 13.0 Å². The van der Waals surface area contributed by atoms with Gasteiger partial charge in [-0.1, -0.05) is 49.4 Å². The summed E-state index contributed by atoms with van der Waals surface area (Å²) in [7, 11) is 0. The number of benzene rings is 2. The van der Waals surface area contributed by atoms with Crippen LogP contribution in [0.4, 0.5) is 13.2 Å². The van der Waals surface area contributed by atoms with E-state index in [0.717, 1.165) is 11.6 Å². The molecule has 0 saturated carbocycles. The van der Waals surface area contributed by atoms with Gasteiger partial charge in [0.15, 0.2) is 0 Å². The van der Waals surface area contributed by atoms with E-state index >= 15 is 0 Å². The van der Waals surface area contributed by atoms with Gasteiger partial charge in [-0.2, -0.15) is 13.2 Å². The maximum absolute atomic E-state index is 13.4. The van der Waals surface area contributed by atoms with Gasteiger partial charge in [-0.3, -0.25) is 0 Å². The molecule has 0 aliphatic rings. The maximum Gasteiger partial charge on any atom is 0.416 e. The topological polar surface area (TPSA) is 26.0 Å². The fourth-order valence-corrected chi connectivity index (χ4v) is 2.80. The molecular weight excluding hydrogens is 287 g/mol. The average molecular weight is 307 g/mol. The Morgan fingerprint density at radius 3 is 2.14 bits per heavy atom. The summed E-state index contributed by atoms with van der Waals surface area (Å²) in [5.74, 6) is -0.340. The fourth-order valence-electron chi connectivity index (χ4n) is 2.80. The van der Waals surface area contributed by atoms with E-state index in [-0.39, 0.29) is 12.0 Å².